The molecule has 100 valence electrons. The van der Waals surface area contributed by atoms with E-state index in [0.717, 1.165) is 0 Å². The summed E-state index contributed by atoms with van der Waals surface area (Å²) in [7, 11) is 1.63. The van der Waals surface area contributed by atoms with Crippen LogP contribution in [-0.4, -0.2) is 34.6 Å². The highest BCUT2D eigenvalue weighted by molar-refractivity contribution is 6.39. The van der Waals surface area contributed by atoms with Gasteiger partial charge in [0.05, 0.1) is 0 Å². The van der Waals surface area contributed by atoms with Crippen molar-refractivity contribution in [2.75, 3.05) is 7.05 Å². The minimum Gasteiger partial charge on any atom is -0.508 e. The number of aromatic hydroxyl groups is 1. The number of nitrogens with one attached hydrogen (secondary N) is 1. The number of hydrazone groups is 1. The van der Waals surface area contributed by atoms with Crippen molar-refractivity contribution >= 4 is 17.5 Å². The van der Waals surface area contributed by atoms with Gasteiger partial charge < -0.3 is 10.0 Å². The van der Waals surface area contributed by atoms with E-state index in [1.165, 1.54) is 4.90 Å². The van der Waals surface area contributed by atoms with Crippen LogP contribution in [0.15, 0.2) is 29.4 Å². The summed E-state index contributed by atoms with van der Waals surface area (Å²) >= 11 is 0. The highest BCUT2D eigenvalue weighted by atomic mass is 16.3. The van der Waals surface area contributed by atoms with Gasteiger partial charge in [-0.25, -0.2) is 5.43 Å². The molecule has 0 bridgehead atoms. The van der Waals surface area contributed by atoms with Crippen molar-refractivity contribution in [3.63, 3.8) is 0 Å². The molecule has 6 nitrogen and oxygen atoms in total. The number of amides is 2. The fraction of sp³-hybridized carbons (Fsp3) is 0.308. The van der Waals surface area contributed by atoms with Gasteiger partial charge in [-0.05, 0) is 6.07 Å². The van der Waals surface area contributed by atoms with Crippen LogP contribution in [0, 0.1) is 0 Å². The van der Waals surface area contributed by atoms with Gasteiger partial charge in [-0.1, -0.05) is 18.2 Å². The smallest absolute Gasteiger partial charge is 0.270 e. The molecular weight excluding hydrogens is 246 g/mol. The number of benzene rings is 1. The van der Waals surface area contributed by atoms with E-state index in [1.807, 2.05) is 0 Å². The molecule has 1 aromatic carbocycles. The SMILES string of the molecule is CN(Cc1ccccc1O)C(=O)C1=NNC(=O)CC1. The van der Waals surface area contributed by atoms with E-state index in [1.54, 1.807) is 31.3 Å². The summed E-state index contributed by atoms with van der Waals surface area (Å²) < 4.78 is 0. The molecule has 0 radical (unpaired) electrons. The van der Waals surface area contributed by atoms with E-state index in [4.69, 9.17) is 0 Å². The second-order valence-corrected chi connectivity index (χ2v) is 4.38. The standard InChI is InChI=1S/C13H15N3O3/c1-16(8-9-4-2-3-5-11(9)17)13(19)10-6-7-12(18)15-14-10/h2-5,17H,6-8H2,1H3,(H,15,18). The average molecular weight is 261 g/mol. The van der Waals surface area contributed by atoms with Crippen LogP contribution < -0.4 is 5.43 Å². The molecule has 0 aromatic heterocycles. The van der Waals surface area contributed by atoms with Crippen LogP contribution in [0.4, 0.5) is 0 Å². The fourth-order valence-corrected chi connectivity index (χ4v) is 1.82. The third kappa shape index (κ3) is 3.09. The quantitative estimate of drug-likeness (QED) is 0.836. The first-order chi connectivity index (χ1) is 9.08. The van der Waals surface area contributed by atoms with Gasteiger partial charge in [0.2, 0.25) is 5.91 Å². The van der Waals surface area contributed by atoms with Gasteiger partial charge in [0, 0.05) is 32.0 Å². The van der Waals surface area contributed by atoms with Gasteiger partial charge in [-0.15, -0.1) is 0 Å². The van der Waals surface area contributed by atoms with Crippen molar-refractivity contribution in [1.82, 2.24) is 10.3 Å². The number of para-hydroxylation sites is 1. The van der Waals surface area contributed by atoms with Crippen molar-refractivity contribution in [1.29, 1.82) is 0 Å². The molecule has 0 aliphatic carbocycles. The Balaban J connectivity index is 2.04. The number of phenolic OH excluding ortho intramolecular Hbond substituents is 1. The fourth-order valence-electron chi connectivity index (χ4n) is 1.82. The number of rotatable bonds is 3. The van der Waals surface area contributed by atoms with Crippen molar-refractivity contribution in [2.45, 2.75) is 19.4 Å². The third-order valence-corrected chi connectivity index (χ3v) is 2.90. The summed E-state index contributed by atoms with van der Waals surface area (Å²) in [6.07, 6.45) is 0.616. The summed E-state index contributed by atoms with van der Waals surface area (Å²) in [6, 6.07) is 6.85. The number of hydrogen-bond acceptors (Lipinski definition) is 4. The Morgan fingerprint density at radius 1 is 1.42 bits per heavy atom. The third-order valence-electron chi connectivity index (χ3n) is 2.90. The van der Waals surface area contributed by atoms with Crippen molar-refractivity contribution in [2.24, 2.45) is 5.10 Å². The number of hydrogen-bond donors (Lipinski definition) is 2. The van der Waals surface area contributed by atoms with Crippen LogP contribution >= 0.6 is 0 Å². The maximum Gasteiger partial charge on any atom is 0.270 e. The van der Waals surface area contributed by atoms with Crippen LogP contribution in [-0.2, 0) is 16.1 Å². The van der Waals surface area contributed by atoms with Crippen molar-refractivity contribution in [3.05, 3.63) is 29.8 Å². The van der Waals surface area contributed by atoms with Crippen LogP contribution in [0.1, 0.15) is 18.4 Å². The summed E-state index contributed by atoms with van der Waals surface area (Å²) in [5.41, 5.74) is 3.29. The Hall–Kier alpha value is -2.37. The Morgan fingerprint density at radius 2 is 2.16 bits per heavy atom. The lowest BCUT2D eigenvalue weighted by Gasteiger charge is -2.20. The van der Waals surface area contributed by atoms with Gasteiger partial charge in [0.25, 0.3) is 5.91 Å². The first-order valence-electron chi connectivity index (χ1n) is 5.95. The second-order valence-electron chi connectivity index (χ2n) is 4.38. The molecule has 0 saturated heterocycles. The van der Waals surface area contributed by atoms with Gasteiger partial charge in [0.1, 0.15) is 11.5 Å². The molecule has 2 N–H and O–H groups in total. The first kappa shape index (κ1) is 13.1. The molecule has 0 saturated carbocycles. The van der Waals surface area contributed by atoms with Crippen LogP contribution in [0.25, 0.3) is 0 Å². The molecule has 1 aliphatic heterocycles. The van der Waals surface area contributed by atoms with E-state index in [0.29, 0.717) is 24.2 Å². The Labute approximate surface area is 110 Å². The summed E-state index contributed by atoms with van der Waals surface area (Å²) in [5.74, 6) is -0.274. The molecule has 0 unspecified atom stereocenters. The number of nitrogens with zero attached hydrogens (tertiary/aromatic N) is 2. The normalized spacial score (nSPS) is 14.6. The molecule has 0 atom stereocenters. The van der Waals surface area contributed by atoms with Crippen LogP contribution in [0.5, 0.6) is 5.75 Å². The summed E-state index contributed by atoms with van der Waals surface area (Å²) in [4.78, 5) is 24.5. The zero-order valence-electron chi connectivity index (χ0n) is 10.6. The lowest BCUT2D eigenvalue weighted by Crippen LogP contribution is -2.37. The summed E-state index contributed by atoms with van der Waals surface area (Å²) in [6.45, 7) is 0.290. The number of carbonyl (C=O) groups is 2. The molecule has 19 heavy (non-hydrogen) atoms. The largest absolute Gasteiger partial charge is 0.508 e. The topological polar surface area (TPSA) is 82.0 Å². The number of phenols is 1. The van der Waals surface area contributed by atoms with Crippen molar-refractivity contribution < 1.29 is 14.7 Å². The molecule has 1 aromatic rings. The molecule has 0 spiro atoms. The maximum atomic E-state index is 12.1. The van der Waals surface area contributed by atoms with Gasteiger partial charge in [-0.3, -0.25) is 9.59 Å². The molecule has 0 fully saturated rings. The van der Waals surface area contributed by atoms with Crippen LogP contribution in [0.2, 0.25) is 0 Å². The van der Waals surface area contributed by atoms with E-state index in [-0.39, 0.29) is 24.0 Å². The minimum atomic E-state index is -0.247. The zero-order valence-corrected chi connectivity index (χ0v) is 10.6. The number of carbonyl (C=O) groups excluding carboxylic acids is 2. The average Bonchev–Trinajstić information content (AvgIpc) is 2.41. The Morgan fingerprint density at radius 3 is 2.79 bits per heavy atom. The lowest BCUT2D eigenvalue weighted by atomic mass is 10.1. The van der Waals surface area contributed by atoms with Gasteiger partial charge in [0.15, 0.2) is 0 Å². The Kier molecular flexibility index (Phi) is 3.79. The van der Waals surface area contributed by atoms with Gasteiger partial charge in [-0.2, -0.15) is 5.10 Å². The highest BCUT2D eigenvalue weighted by Crippen LogP contribution is 2.17. The zero-order chi connectivity index (χ0) is 13.8. The van der Waals surface area contributed by atoms with E-state index in [9.17, 15) is 14.7 Å². The predicted octanol–water partition coefficient (Wildman–Crippen LogP) is 0.617. The molecule has 6 heteroatoms. The van der Waals surface area contributed by atoms with Crippen molar-refractivity contribution in [3.8, 4) is 5.75 Å². The monoisotopic (exact) mass is 261 g/mol. The molecular formula is C13H15N3O3. The van der Waals surface area contributed by atoms with E-state index in [2.05, 4.69) is 10.5 Å². The molecule has 1 heterocycles. The Bertz CT molecular complexity index is 540. The highest BCUT2D eigenvalue weighted by Gasteiger charge is 2.21. The predicted molar refractivity (Wildman–Crippen MR) is 69.4 cm³/mol. The second kappa shape index (κ2) is 5.51. The first-order valence-corrected chi connectivity index (χ1v) is 5.95. The van der Waals surface area contributed by atoms with Gasteiger partial charge >= 0.3 is 0 Å². The molecule has 2 amide bonds. The van der Waals surface area contributed by atoms with Crippen LogP contribution in [0.3, 0.4) is 0 Å². The lowest BCUT2D eigenvalue weighted by molar-refractivity contribution is -0.124. The summed E-state index contributed by atoms with van der Waals surface area (Å²) in [5, 5.41) is 13.4. The van der Waals surface area contributed by atoms with E-state index >= 15 is 0 Å². The minimum absolute atomic E-state index is 0.154. The van der Waals surface area contributed by atoms with E-state index < -0.39 is 0 Å². The molecule has 2 rings (SSSR count). The maximum absolute atomic E-state index is 12.1. The molecule has 1 aliphatic rings.